The molecule has 6 rings (SSSR count). The number of H-pyrrole nitrogens is 1. The van der Waals surface area contributed by atoms with Crippen LogP contribution in [0, 0.1) is 18.8 Å². The molecule has 2 saturated heterocycles. The molecule has 198 valence electrons. The number of nitrogens with two attached hydrogens (primary N) is 1. The highest BCUT2D eigenvalue weighted by molar-refractivity contribution is 5.82. The fourth-order valence-electron chi connectivity index (χ4n) is 8.54. The van der Waals surface area contributed by atoms with Gasteiger partial charge in [-0.1, -0.05) is 37.5 Å². The van der Waals surface area contributed by atoms with Crippen LogP contribution in [0.1, 0.15) is 86.2 Å². The summed E-state index contributed by atoms with van der Waals surface area (Å²) in [6.07, 6.45) is 12.0. The molecule has 3 N–H and O–H groups in total. The van der Waals surface area contributed by atoms with Gasteiger partial charge in [0.25, 0.3) is 0 Å². The van der Waals surface area contributed by atoms with Gasteiger partial charge in [0.1, 0.15) is 11.7 Å². The van der Waals surface area contributed by atoms with Gasteiger partial charge in [-0.05, 0) is 68.1 Å². The van der Waals surface area contributed by atoms with E-state index in [2.05, 4.69) is 58.5 Å². The Morgan fingerprint density at radius 1 is 1.08 bits per heavy atom. The van der Waals surface area contributed by atoms with Crippen LogP contribution in [0.4, 0.5) is 0 Å². The van der Waals surface area contributed by atoms with E-state index in [1.165, 1.54) is 61.0 Å². The van der Waals surface area contributed by atoms with Gasteiger partial charge in [0, 0.05) is 37.6 Å². The molecule has 0 unspecified atom stereocenters. The Labute approximate surface area is 222 Å². The minimum atomic E-state index is -0.0223. The number of nitrogens with zero attached hydrogens (tertiary/aromatic N) is 1. The number of carbonyl (C=O) groups excluding carboxylic acids is 1. The first-order valence-corrected chi connectivity index (χ1v) is 14.9. The van der Waals surface area contributed by atoms with Crippen LogP contribution < -0.4 is 15.0 Å². The van der Waals surface area contributed by atoms with Gasteiger partial charge in [-0.15, -0.1) is 0 Å². The van der Waals surface area contributed by atoms with E-state index in [0.29, 0.717) is 23.8 Å². The molecule has 2 aliphatic heterocycles. The zero-order valence-electron chi connectivity index (χ0n) is 22.8. The number of fused-ring (bicyclic) bond motifs is 2. The third-order valence-electron chi connectivity index (χ3n) is 10.3. The number of aromatic amines is 1. The highest BCUT2D eigenvalue weighted by Gasteiger charge is 2.56. The fourth-order valence-corrected chi connectivity index (χ4v) is 8.54. The van der Waals surface area contributed by atoms with E-state index in [1.54, 1.807) is 7.11 Å². The SMILES string of the molecule is COc1ccccc1[C@@H]1CCN(C(=O)[C@@H]2C[NH2+]C[C@]23CCCc2[nH+]c(C)ccc23)[C@H](C2CCCCC2)C1. The van der Waals surface area contributed by atoms with Gasteiger partial charge < -0.3 is 15.0 Å². The van der Waals surface area contributed by atoms with Gasteiger partial charge in [0.15, 0.2) is 11.4 Å². The summed E-state index contributed by atoms with van der Waals surface area (Å²) in [5, 5.41) is 2.43. The maximum atomic E-state index is 14.6. The fraction of sp³-hybridized carbons (Fsp3) is 0.625. The standard InChI is InChI=1S/C32H43N3O2/c1-22-14-15-26-28(34-22)12-8-17-32(26)21-33-20-27(32)31(36)35-18-16-24(25-11-6-7-13-30(25)37-2)19-29(35)23-9-4-3-5-10-23/h6-7,11,13-15,23-24,27,29,33H,3-5,8-10,12,16-21H2,1-2H3/p+2/t24-,27+,29+,32+/m1/s1. The maximum absolute atomic E-state index is 14.6. The highest BCUT2D eigenvalue weighted by atomic mass is 16.5. The number of methoxy groups -OCH3 is 1. The molecular formula is C32H45N3O2+2. The van der Waals surface area contributed by atoms with Crippen LogP contribution in [0.3, 0.4) is 0 Å². The van der Waals surface area contributed by atoms with Gasteiger partial charge in [0.05, 0.1) is 25.6 Å². The summed E-state index contributed by atoms with van der Waals surface area (Å²) >= 11 is 0. The molecule has 5 nitrogen and oxygen atoms in total. The molecule has 4 atom stereocenters. The molecule has 0 bridgehead atoms. The normalized spacial score (nSPS) is 30.3. The van der Waals surface area contributed by atoms with Crippen LogP contribution in [0.2, 0.25) is 0 Å². The van der Waals surface area contributed by atoms with Crippen molar-refractivity contribution in [2.24, 2.45) is 11.8 Å². The van der Waals surface area contributed by atoms with Crippen molar-refractivity contribution in [1.29, 1.82) is 0 Å². The molecule has 1 spiro atoms. The lowest BCUT2D eigenvalue weighted by Gasteiger charge is -2.47. The van der Waals surface area contributed by atoms with Crippen LogP contribution in [-0.2, 0) is 16.6 Å². The van der Waals surface area contributed by atoms with Crippen molar-refractivity contribution in [3.8, 4) is 5.75 Å². The number of amides is 1. The van der Waals surface area contributed by atoms with Crippen LogP contribution >= 0.6 is 0 Å². The number of aryl methyl sites for hydroxylation is 2. The van der Waals surface area contributed by atoms with E-state index in [4.69, 9.17) is 4.74 Å². The third kappa shape index (κ3) is 4.47. The molecule has 2 aromatic rings. The lowest BCUT2D eigenvalue weighted by Crippen LogP contribution is -2.82. The molecule has 2 aliphatic carbocycles. The first-order chi connectivity index (χ1) is 18.1. The summed E-state index contributed by atoms with van der Waals surface area (Å²) in [7, 11) is 1.78. The highest BCUT2D eigenvalue weighted by Crippen LogP contribution is 2.46. The molecule has 3 fully saturated rings. The molecule has 37 heavy (non-hydrogen) atoms. The zero-order valence-corrected chi connectivity index (χ0v) is 22.8. The van der Waals surface area contributed by atoms with E-state index in [-0.39, 0.29) is 11.3 Å². The number of para-hydroxylation sites is 1. The van der Waals surface area contributed by atoms with E-state index < -0.39 is 0 Å². The number of nitrogens with one attached hydrogen (secondary N) is 1. The van der Waals surface area contributed by atoms with Crippen LogP contribution in [0.5, 0.6) is 5.75 Å². The van der Waals surface area contributed by atoms with Crippen LogP contribution in [0.25, 0.3) is 0 Å². The summed E-state index contributed by atoms with van der Waals surface area (Å²) in [4.78, 5) is 20.7. The number of piperidine rings is 1. The van der Waals surface area contributed by atoms with Crippen molar-refractivity contribution < 1.29 is 19.8 Å². The first-order valence-electron chi connectivity index (χ1n) is 14.9. The first kappa shape index (κ1) is 24.9. The van der Waals surface area contributed by atoms with Gasteiger partial charge in [0.2, 0.25) is 5.91 Å². The summed E-state index contributed by atoms with van der Waals surface area (Å²) in [6.45, 7) is 4.99. The number of pyridine rings is 1. The molecule has 1 saturated carbocycles. The van der Waals surface area contributed by atoms with E-state index in [9.17, 15) is 4.79 Å². The second kappa shape index (κ2) is 10.4. The van der Waals surface area contributed by atoms with Crippen molar-refractivity contribution in [3.63, 3.8) is 0 Å². The van der Waals surface area contributed by atoms with Crippen molar-refractivity contribution in [2.75, 3.05) is 26.7 Å². The Morgan fingerprint density at radius 2 is 1.92 bits per heavy atom. The number of benzene rings is 1. The van der Waals surface area contributed by atoms with Crippen molar-refractivity contribution in [1.82, 2.24) is 4.90 Å². The van der Waals surface area contributed by atoms with Gasteiger partial charge in [-0.2, -0.15) is 0 Å². The Balaban J connectivity index is 1.31. The van der Waals surface area contributed by atoms with Crippen LogP contribution in [0.15, 0.2) is 36.4 Å². The van der Waals surface area contributed by atoms with Crippen molar-refractivity contribution >= 4 is 5.91 Å². The average Bonchev–Trinajstić information content (AvgIpc) is 3.36. The number of hydrogen-bond acceptors (Lipinski definition) is 2. The topological polar surface area (TPSA) is 60.3 Å². The minimum absolute atomic E-state index is 0.0223. The average molecular weight is 504 g/mol. The maximum Gasteiger partial charge on any atom is 0.232 e. The molecular weight excluding hydrogens is 458 g/mol. The van der Waals surface area contributed by atoms with Crippen LogP contribution in [-0.4, -0.2) is 43.6 Å². The van der Waals surface area contributed by atoms with E-state index in [0.717, 1.165) is 51.1 Å². The van der Waals surface area contributed by atoms with Gasteiger partial charge in [-0.3, -0.25) is 4.79 Å². The quantitative estimate of drug-likeness (QED) is 0.687. The van der Waals surface area contributed by atoms with E-state index >= 15 is 0 Å². The summed E-state index contributed by atoms with van der Waals surface area (Å²) in [6, 6.07) is 13.5. The summed E-state index contributed by atoms with van der Waals surface area (Å²) in [5.74, 6) is 2.62. The zero-order chi connectivity index (χ0) is 25.4. The predicted molar refractivity (Wildman–Crippen MR) is 145 cm³/mol. The number of quaternary nitrogens is 1. The molecule has 4 aliphatic rings. The molecule has 0 radical (unpaired) electrons. The van der Waals surface area contributed by atoms with E-state index in [1.807, 2.05) is 0 Å². The minimum Gasteiger partial charge on any atom is -0.496 e. The number of carbonyl (C=O) groups is 1. The second-order valence-corrected chi connectivity index (χ2v) is 12.3. The summed E-state index contributed by atoms with van der Waals surface area (Å²) < 4.78 is 5.76. The second-order valence-electron chi connectivity index (χ2n) is 12.3. The molecule has 3 heterocycles. The molecule has 1 aromatic carbocycles. The lowest BCUT2D eigenvalue weighted by molar-refractivity contribution is -0.640. The predicted octanol–water partition coefficient (Wildman–Crippen LogP) is 3.94. The Bertz CT molecular complexity index is 1130. The lowest BCUT2D eigenvalue weighted by atomic mass is 9.64. The Kier molecular flexibility index (Phi) is 7.00. The number of aromatic nitrogens is 1. The molecule has 5 heteroatoms. The largest absolute Gasteiger partial charge is 0.496 e. The summed E-state index contributed by atoms with van der Waals surface area (Å²) in [5.41, 5.74) is 5.32. The Hall–Kier alpha value is -2.40. The monoisotopic (exact) mass is 503 g/mol. The van der Waals surface area contributed by atoms with Gasteiger partial charge in [-0.25, -0.2) is 4.98 Å². The van der Waals surface area contributed by atoms with Gasteiger partial charge >= 0.3 is 0 Å². The van der Waals surface area contributed by atoms with Crippen molar-refractivity contribution in [2.45, 2.75) is 88.5 Å². The molecule has 1 amide bonds. The number of likely N-dealkylation sites (tertiary alicyclic amines) is 1. The number of hydrogen-bond donors (Lipinski definition) is 1. The smallest absolute Gasteiger partial charge is 0.232 e. The third-order valence-corrected chi connectivity index (χ3v) is 10.3. The number of ether oxygens (including phenoxy) is 1. The van der Waals surface area contributed by atoms with Crippen molar-refractivity contribution in [3.05, 3.63) is 58.9 Å². The Morgan fingerprint density at radius 3 is 2.76 bits per heavy atom. The number of rotatable bonds is 4. The molecule has 1 aromatic heterocycles.